The molecule has 0 saturated carbocycles. The fourth-order valence-electron chi connectivity index (χ4n) is 3.49. The number of hydrogen-bond acceptors (Lipinski definition) is 4. The summed E-state index contributed by atoms with van der Waals surface area (Å²) in [6.07, 6.45) is 5.19. The summed E-state index contributed by atoms with van der Waals surface area (Å²) in [5.74, 6) is 0.143. The molecule has 1 unspecified atom stereocenters. The molecule has 0 radical (unpaired) electrons. The molecule has 1 aliphatic heterocycles. The Kier molecular flexibility index (Phi) is 6.87. The van der Waals surface area contributed by atoms with E-state index in [1.165, 1.54) is 11.3 Å². The van der Waals surface area contributed by atoms with Gasteiger partial charge in [0.05, 0.1) is 0 Å². The second kappa shape index (κ2) is 9.55. The molecule has 1 aromatic heterocycles. The van der Waals surface area contributed by atoms with E-state index in [2.05, 4.69) is 58.3 Å². The third kappa shape index (κ3) is 6.10. The van der Waals surface area contributed by atoms with E-state index in [1.807, 2.05) is 16.9 Å². The summed E-state index contributed by atoms with van der Waals surface area (Å²) in [6.45, 7) is 9.91. The van der Waals surface area contributed by atoms with Gasteiger partial charge in [0.2, 0.25) is 5.91 Å². The standard InChI is InChI=1S/C21H31N5O/c1-18-5-3-6-20(17-18)25-15-13-24(14-16-25)11-8-21(27)23-19(2)7-12-26-10-4-9-22-26/h3-6,9-10,17,19H,7-8,11-16H2,1-2H3,(H,23,27). The fourth-order valence-corrected chi connectivity index (χ4v) is 3.49. The lowest BCUT2D eigenvalue weighted by Gasteiger charge is -2.36. The first-order chi connectivity index (χ1) is 13.1. The molecule has 1 atom stereocenters. The van der Waals surface area contributed by atoms with Crippen LogP contribution in [0.3, 0.4) is 0 Å². The predicted octanol–water partition coefficient (Wildman–Crippen LogP) is 2.30. The summed E-state index contributed by atoms with van der Waals surface area (Å²) in [7, 11) is 0. The molecule has 146 valence electrons. The molecule has 1 saturated heterocycles. The zero-order valence-corrected chi connectivity index (χ0v) is 16.5. The number of benzene rings is 1. The van der Waals surface area contributed by atoms with Crippen LogP contribution in [0.2, 0.25) is 0 Å². The second-order valence-electron chi connectivity index (χ2n) is 7.44. The molecule has 0 aliphatic carbocycles. The first-order valence-corrected chi connectivity index (χ1v) is 9.91. The van der Waals surface area contributed by atoms with Gasteiger partial charge in [-0.05, 0) is 44.0 Å². The number of carbonyl (C=O) groups is 1. The largest absolute Gasteiger partial charge is 0.369 e. The van der Waals surface area contributed by atoms with E-state index in [9.17, 15) is 4.79 Å². The normalized spacial score (nSPS) is 16.3. The van der Waals surface area contributed by atoms with Crippen LogP contribution in [0.15, 0.2) is 42.7 Å². The molecule has 6 nitrogen and oxygen atoms in total. The van der Waals surface area contributed by atoms with Gasteiger partial charge in [0.25, 0.3) is 0 Å². The van der Waals surface area contributed by atoms with Crippen molar-refractivity contribution in [1.29, 1.82) is 0 Å². The van der Waals surface area contributed by atoms with Gasteiger partial charge in [0, 0.05) is 69.8 Å². The number of hydrogen-bond donors (Lipinski definition) is 1. The predicted molar refractivity (Wildman–Crippen MR) is 109 cm³/mol. The van der Waals surface area contributed by atoms with Gasteiger partial charge >= 0.3 is 0 Å². The van der Waals surface area contributed by atoms with Crippen LogP contribution in [-0.2, 0) is 11.3 Å². The summed E-state index contributed by atoms with van der Waals surface area (Å²) in [6, 6.07) is 10.8. The van der Waals surface area contributed by atoms with Crippen LogP contribution in [0.4, 0.5) is 5.69 Å². The Morgan fingerprint density at radius 3 is 2.70 bits per heavy atom. The third-order valence-corrected chi connectivity index (χ3v) is 5.15. The number of amides is 1. The summed E-state index contributed by atoms with van der Waals surface area (Å²) < 4.78 is 1.90. The topological polar surface area (TPSA) is 53.4 Å². The van der Waals surface area contributed by atoms with Crippen LogP contribution in [0, 0.1) is 6.92 Å². The molecule has 0 spiro atoms. The molecule has 1 fully saturated rings. The lowest BCUT2D eigenvalue weighted by molar-refractivity contribution is -0.122. The fraction of sp³-hybridized carbons (Fsp3) is 0.524. The summed E-state index contributed by atoms with van der Waals surface area (Å²) >= 11 is 0. The molecule has 27 heavy (non-hydrogen) atoms. The number of nitrogens with zero attached hydrogens (tertiary/aromatic N) is 4. The molecule has 2 heterocycles. The number of aromatic nitrogens is 2. The highest BCUT2D eigenvalue weighted by Crippen LogP contribution is 2.17. The van der Waals surface area contributed by atoms with Crippen molar-refractivity contribution in [2.75, 3.05) is 37.6 Å². The number of nitrogens with one attached hydrogen (secondary N) is 1. The average molecular weight is 370 g/mol. The molecule has 6 heteroatoms. The minimum Gasteiger partial charge on any atom is -0.369 e. The van der Waals surface area contributed by atoms with Gasteiger partial charge in [-0.3, -0.25) is 14.4 Å². The van der Waals surface area contributed by atoms with Crippen molar-refractivity contribution in [3.63, 3.8) is 0 Å². The van der Waals surface area contributed by atoms with Crippen LogP contribution in [-0.4, -0.2) is 59.4 Å². The van der Waals surface area contributed by atoms with Gasteiger partial charge in [-0.1, -0.05) is 12.1 Å². The minimum atomic E-state index is 0.143. The Balaban J connectivity index is 1.32. The average Bonchev–Trinajstić information content (AvgIpc) is 3.19. The molecule has 0 bridgehead atoms. The van der Waals surface area contributed by atoms with Gasteiger partial charge in [0.15, 0.2) is 0 Å². The molecule has 3 rings (SSSR count). The van der Waals surface area contributed by atoms with Crippen molar-refractivity contribution >= 4 is 11.6 Å². The quantitative estimate of drug-likeness (QED) is 0.776. The molecule has 1 amide bonds. The number of aryl methyl sites for hydroxylation is 2. The van der Waals surface area contributed by atoms with Crippen molar-refractivity contribution in [3.8, 4) is 0 Å². The van der Waals surface area contributed by atoms with Crippen molar-refractivity contribution < 1.29 is 4.79 Å². The smallest absolute Gasteiger partial charge is 0.221 e. The monoisotopic (exact) mass is 369 g/mol. The van der Waals surface area contributed by atoms with E-state index in [0.29, 0.717) is 6.42 Å². The Bertz CT molecular complexity index is 707. The van der Waals surface area contributed by atoms with Crippen LogP contribution in [0.25, 0.3) is 0 Å². The summed E-state index contributed by atoms with van der Waals surface area (Å²) in [4.78, 5) is 17.0. The maximum atomic E-state index is 12.2. The number of anilines is 1. The maximum Gasteiger partial charge on any atom is 0.221 e. The first-order valence-electron chi connectivity index (χ1n) is 9.91. The maximum absolute atomic E-state index is 12.2. The van der Waals surface area contributed by atoms with E-state index < -0.39 is 0 Å². The van der Waals surface area contributed by atoms with E-state index in [1.54, 1.807) is 6.20 Å². The number of piperazine rings is 1. The van der Waals surface area contributed by atoms with Crippen molar-refractivity contribution in [3.05, 3.63) is 48.3 Å². The highest BCUT2D eigenvalue weighted by atomic mass is 16.1. The van der Waals surface area contributed by atoms with E-state index in [-0.39, 0.29) is 11.9 Å². The highest BCUT2D eigenvalue weighted by molar-refractivity contribution is 5.76. The molecule has 1 N–H and O–H groups in total. The van der Waals surface area contributed by atoms with Crippen molar-refractivity contribution in [1.82, 2.24) is 20.0 Å². The molecule has 2 aromatic rings. The third-order valence-electron chi connectivity index (χ3n) is 5.15. The van der Waals surface area contributed by atoms with Gasteiger partial charge in [-0.2, -0.15) is 5.10 Å². The molecule has 1 aromatic carbocycles. The minimum absolute atomic E-state index is 0.143. The van der Waals surface area contributed by atoms with Crippen LogP contribution in [0.1, 0.15) is 25.3 Å². The van der Waals surface area contributed by atoms with Crippen LogP contribution in [0.5, 0.6) is 0 Å². The highest BCUT2D eigenvalue weighted by Gasteiger charge is 2.18. The van der Waals surface area contributed by atoms with E-state index >= 15 is 0 Å². The zero-order chi connectivity index (χ0) is 19.1. The Morgan fingerprint density at radius 2 is 2.00 bits per heavy atom. The summed E-state index contributed by atoms with van der Waals surface area (Å²) in [5, 5.41) is 7.30. The van der Waals surface area contributed by atoms with E-state index in [0.717, 1.165) is 45.7 Å². The van der Waals surface area contributed by atoms with Crippen molar-refractivity contribution in [2.45, 2.75) is 39.3 Å². The van der Waals surface area contributed by atoms with Crippen LogP contribution >= 0.6 is 0 Å². The van der Waals surface area contributed by atoms with Gasteiger partial charge in [-0.15, -0.1) is 0 Å². The number of rotatable bonds is 8. The van der Waals surface area contributed by atoms with Gasteiger partial charge in [-0.25, -0.2) is 0 Å². The van der Waals surface area contributed by atoms with Gasteiger partial charge < -0.3 is 10.2 Å². The summed E-state index contributed by atoms with van der Waals surface area (Å²) in [5.41, 5.74) is 2.60. The first kappa shape index (κ1) is 19.4. The van der Waals surface area contributed by atoms with Crippen LogP contribution < -0.4 is 10.2 Å². The lowest BCUT2D eigenvalue weighted by Crippen LogP contribution is -2.47. The van der Waals surface area contributed by atoms with Crippen molar-refractivity contribution in [2.24, 2.45) is 0 Å². The van der Waals surface area contributed by atoms with E-state index in [4.69, 9.17) is 0 Å². The Hall–Kier alpha value is -2.34. The Labute approximate surface area is 162 Å². The molecular formula is C21H31N5O. The SMILES string of the molecule is Cc1cccc(N2CCN(CCC(=O)NC(C)CCn3cccn3)CC2)c1. The molecular weight excluding hydrogens is 338 g/mol. The Morgan fingerprint density at radius 1 is 1.19 bits per heavy atom. The van der Waals surface area contributed by atoms with Gasteiger partial charge in [0.1, 0.15) is 0 Å². The second-order valence-corrected chi connectivity index (χ2v) is 7.44. The lowest BCUT2D eigenvalue weighted by atomic mass is 10.2. The molecule has 1 aliphatic rings. The number of carbonyl (C=O) groups excluding carboxylic acids is 1. The zero-order valence-electron chi connectivity index (χ0n) is 16.5.